The maximum absolute atomic E-state index is 12.6. The second kappa shape index (κ2) is 7.85. The first kappa shape index (κ1) is 19.4. The van der Waals surface area contributed by atoms with Crippen LogP contribution in [-0.2, 0) is 23.8 Å². The Hall–Kier alpha value is -1.90. The number of ether oxygens (including phenoxy) is 2. The Kier molecular flexibility index (Phi) is 5.44. The van der Waals surface area contributed by atoms with Crippen LogP contribution in [0.5, 0.6) is 5.75 Å². The molecule has 0 aromatic heterocycles. The van der Waals surface area contributed by atoms with Crippen LogP contribution in [0.1, 0.15) is 37.2 Å². The van der Waals surface area contributed by atoms with Crippen LogP contribution < -0.4 is 4.74 Å². The first-order chi connectivity index (χ1) is 13.4. The van der Waals surface area contributed by atoms with E-state index in [2.05, 4.69) is 16.3 Å². The lowest BCUT2D eigenvalue weighted by molar-refractivity contribution is -0.135. The monoisotopic (exact) mass is 407 g/mol. The summed E-state index contributed by atoms with van der Waals surface area (Å²) in [6.45, 7) is 0.784. The van der Waals surface area contributed by atoms with Crippen molar-refractivity contribution < 1.29 is 26.9 Å². The van der Waals surface area contributed by atoms with E-state index in [0.717, 1.165) is 19.1 Å². The van der Waals surface area contributed by atoms with Gasteiger partial charge in [-0.05, 0) is 55.4 Å². The number of amides is 1. The number of rotatable bonds is 9. The van der Waals surface area contributed by atoms with Gasteiger partial charge in [0.05, 0.1) is 25.6 Å². The molecule has 0 saturated heterocycles. The minimum absolute atomic E-state index is 0.0156. The molecular formula is C20H25NO6S. The first-order valence-corrected chi connectivity index (χ1v) is 11.5. The lowest BCUT2D eigenvalue weighted by atomic mass is 9.88. The normalized spacial score (nSPS) is 24.8. The van der Waals surface area contributed by atoms with Crippen LogP contribution in [0.15, 0.2) is 36.1 Å². The second-order valence-corrected chi connectivity index (χ2v) is 9.26. The molecule has 0 unspecified atom stereocenters. The third kappa shape index (κ3) is 4.74. The molecule has 0 radical (unpaired) electrons. The van der Waals surface area contributed by atoms with E-state index in [1.807, 2.05) is 18.2 Å². The van der Waals surface area contributed by atoms with Crippen LogP contribution in [0.3, 0.4) is 0 Å². The van der Waals surface area contributed by atoms with Crippen molar-refractivity contribution in [2.75, 3.05) is 26.0 Å². The summed E-state index contributed by atoms with van der Waals surface area (Å²) in [7, 11) is -3.43. The van der Waals surface area contributed by atoms with Crippen molar-refractivity contribution in [1.29, 1.82) is 0 Å². The molecular weight excluding hydrogens is 382 g/mol. The zero-order valence-corrected chi connectivity index (χ0v) is 16.7. The van der Waals surface area contributed by atoms with E-state index in [0.29, 0.717) is 24.0 Å². The zero-order valence-electron chi connectivity index (χ0n) is 15.9. The van der Waals surface area contributed by atoms with Gasteiger partial charge in [0.1, 0.15) is 5.75 Å². The lowest BCUT2D eigenvalue weighted by Crippen LogP contribution is -2.49. The molecule has 28 heavy (non-hydrogen) atoms. The van der Waals surface area contributed by atoms with Crippen molar-refractivity contribution >= 4 is 16.0 Å². The van der Waals surface area contributed by atoms with Gasteiger partial charge < -0.3 is 14.4 Å². The van der Waals surface area contributed by atoms with Gasteiger partial charge in [-0.15, -0.1) is 0 Å². The van der Waals surface area contributed by atoms with E-state index in [4.69, 9.17) is 9.47 Å². The Morgan fingerprint density at radius 2 is 1.82 bits per heavy atom. The van der Waals surface area contributed by atoms with Crippen molar-refractivity contribution in [3.8, 4) is 5.75 Å². The second-order valence-electron chi connectivity index (χ2n) is 7.62. The molecule has 2 saturated carbocycles. The summed E-state index contributed by atoms with van der Waals surface area (Å²) >= 11 is 0. The van der Waals surface area contributed by atoms with E-state index in [-0.39, 0.29) is 31.3 Å². The molecule has 8 heteroatoms. The predicted molar refractivity (Wildman–Crippen MR) is 102 cm³/mol. The quantitative estimate of drug-likeness (QED) is 0.461. The molecule has 7 nitrogen and oxygen atoms in total. The maximum atomic E-state index is 12.6. The van der Waals surface area contributed by atoms with Crippen LogP contribution in [0, 0.1) is 0 Å². The topological polar surface area (TPSA) is 82.1 Å². The number of hydrogen-bond donors (Lipinski definition) is 0. The van der Waals surface area contributed by atoms with Crippen molar-refractivity contribution in [3.63, 3.8) is 0 Å². The Morgan fingerprint density at radius 3 is 2.46 bits per heavy atom. The molecule has 2 aliphatic carbocycles. The molecule has 0 N–H and O–H groups in total. The molecule has 4 rings (SSSR count). The van der Waals surface area contributed by atoms with Crippen molar-refractivity contribution in [2.24, 2.45) is 0 Å². The number of carbonyl (C=O) groups is 1. The lowest BCUT2D eigenvalue weighted by Gasteiger charge is -2.40. The fourth-order valence-corrected chi connectivity index (χ4v) is 3.94. The van der Waals surface area contributed by atoms with Gasteiger partial charge in [0, 0.05) is 12.6 Å². The van der Waals surface area contributed by atoms with Crippen LogP contribution in [-0.4, -0.2) is 57.4 Å². The van der Waals surface area contributed by atoms with Crippen LogP contribution in [0.4, 0.5) is 0 Å². The average Bonchev–Trinajstić information content (AvgIpc) is 3.40. The Balaban J connectivity index is 1.19. The highest BCUT2D eigenvalue weighted by molar-refractivity contribution is 7.85. The SMILES string of the molecule is CS(=O)(=O)OCCO[C@H]1C[C@@H](N2CC=C(Oc3ccc(C4CC4)cc3)C2=O)C1. The van der Waals surface area contributed by atoms with Gasteiger partial charge in [0.15, 0.2) is 5.76 Å². The number of nitrogens with zero attached hydrogens (tertiary/aromatic N) is 1. The van der Waals surface area contributed by atoms with Gasteiger partial charge in [0.2, 0.25) is 0 Å². The third-order valence-electron chi connectivity index (χ3n) is 5.35. The summed E-state index contributed by atoms with van der Waals surface area (Å²) < 4.78 is 37.8. The average molecular weight is 407 g/mol. The van der Waals surface area contributed by atoms with E-state index in [1.165, 1.54) is 18.4 Å². The minimum atomic E-state index is -3.43. The molecule has 0 bridgehead atoms. The number of hydrogen-bond acceptors (Lipinski definition) is 6. The Morgan fingerprint density at radius 1 is 1.11 bits per heavy atom. The van der Waals surface area contributed by atoms with Gasteiger partial charge in [-0.2, -0.15) is 8.42 Å². The number of carbonyl (C=O) groups excluding carboxylic acids is 1. The van der Waals surface area contributed by atoms with Gasteiger partial charge >= 0.3 is 0 Å². The van der Waals surface area contributed by atoms with Gasteiger partial charge in [-0.1, -0.05) is 12.1 Å². The molecule has 1 aromatic carbocycles. The maximum Gasteiger partial charge on any atom is 0.289 e. The summed E-state index contributed by atoms with van der Waals surface area (Å²) in [5, 5.41) is 0. The highest BCUT2D eigenvalue weighted by atomic mass is 32.2. The Labute approximate surface area is 165 Å². The van der Waals surface area contributed by atoms with Gasteiger partial charge in [-0.3, -0.25) is 8.98 Å². The highest BCUT2D eigenvalue weighted by Crippen LogP contribution is 2.40. The molecule has 2 fully saturated rings. The van der Waals surface area contributed by atoms with Crippen LogP contribution >= 0.6 is 0 Å². The zero-order chi connectivity index (χ0) is 19.7. The first-order valence-electron chi connectivity index (χ1n) is 9.64. The smallest absolute Gasteiger partial charge is 0.289 e. The van der Waals surface area contributed by atoms with E-state index >= 15 is 0 Å². The van der Waals surface area contributed by atoms with E-state index in [1.54, 1.807) is 4.90 Å². The minimum Gasteiger partial charge on any atom is -0.452 e. The van der Waals surface area contributed by atoms with Gasteiger partial charge in [-0.25, -0.2) is 0 Å². The summed E-state index contributed by atoms with van der Waals surface area (Å²) in [5.41, 5.74) is 1.34. The largest absolute Gasteiger partial charge is 0.452 e. The molecule has 0 spiro atoms. The van der Waals surface area contributed by atoms with Crippen LogP contribution in [0.25, 0.3) is 0 Å². The molecule has 0 atom stereocenters. The number of benzene rings is 1. The predicted octanol–water partition coefficient (Wildman–Crippen LogP) is 2.19. The van der Waals surface area contributed by atoms with Crippen molar-refractivity contribution in [3.05, 3.63) is 41.7 Å². The summed E-state index contributed by atoms with van der Waals surface area (Å²) in [6, 6.07) is 8.13. The summed E-state index contributed by atoms with van der Waals surface area (Å²) in [4.78, 5) is 14.4. The van der Waals surface area contributed by atoms with Gasteiger partial charge in [0.25, 0.3) is 16.0 Å². The highest BCUT2D eigenvalue weighted by Gasteiger charge is 2.40. The molecule has 1 amide bonds. The summed E-state index contributed by atoms with van der Waals surface area (Å²) in [6.07, 6.45) is 6.86. The standard InChI is InChI=1S/C20H25NO6S/c1-28(23,24)26-11-10-25-18-12-16(13-18)21-9-8-19(20(21)22)27-17-6-4-15(5-7-17)14-2-3-14/h4-8,14,16,18H,2-3,9-13H2,1H3/t16-,18+. The van der Waals surface area contributed by atoms with E-state index < -0.39 is 10.1 Å². The molecule has 3 aliphatic rings. The molecule has 1 heterocycles. The van der Waals surface area contributed by atoms with E-state index in [9.17, 15) is 13.2 Å². The van der Waals surface area contributed by atoms with Crippen molar-refractivity contribution in [2.45, 2.75) is 43.7 Å². The molecule has 152 valence electrons. The third-order valence-corrected chi connectivity index (χ3v) is 5.94. The summed E-state index contributed by atoms with van der Waals surface area (Å²) in [5.74, 6) is 1.68. The Bertz CT molecular complexity index is 853. The fourth-order valence-electron chi connectivity index (χ4n) is 3.57. The molecule has 1 aliphatic heterocycles. The van der Waals surface area contributed by atoms with Crippen molar-refractivity contribution in [1.82, 2.24) is 4.90 Å². The van der Waals surface area contributed by atoms with Crippen LogP contribution in [0.2, 0.25) is 0 Å². The fraction of sp³-hybridized carbons (Fsp3) is 0.550. The molecule has 1 aromatic rings.